The fourth-order valence-corrected chi connectivity index (χ4v) is 1.79. The smallest absolute Gasteiger partial charge is 0.311 e. The minimum Gasteiger partial charge on any atom is -0.432 e. The van der Waals surface area contributed by atoms with Crippen LogP contribution in [-0.2, 0) is 0 Å². The van der Waals surface area contributed by atoms with Crippen molar-refractivity contribution in [3.05, 3.63) is 56.2 Å². The van der Waals surface area contributed by atoms with Crippen molar-refractivity contribution in [2.24, 2.45) is 0 Å². The van der Waals surface area contributed by atoms with E-state index in [2.05, 4.69) is 4.98 Å². The molecule has 0 saturated carbocycles. The number of ether oxygens (including phenoxy) is 1. The molecule has 2 aromatic rings. The van der Waals surface area contributed by atoms with Crippen LogP contribution in [0.15, 0.2) is 30.3 Å². The SMILES string of the molecule is N#Cc1cc(Cl)nc(Oc2cc(Cl)ccc2[N+](=O)[O-])c1. The number of nitrogens with zero attached hydrogens (tertiary/aromatic N) is 3. The summed E-state index contributed by atoms with van der Waals surface area (Å²) in [5.74, 6) is -0.111. The van der Waals surface area contributed by atoms with Crippen LogP contribution in [0.2, 0.25) is 10.2 Å². The lowest BCUT2D eigenvalue weighted by molar-refractivity contribution is -0.385. The van der Waals surface area contributed by atoms with Crippen molar-refractivity contribution >= 4 is 28.9 Å². The van der Waals surface area contributed by atoms with Crippen molar-refractivity contribution in [3.8, 4) is 17.7 Å². The Balaban J connectivity index is 2.44. The molecule has 1 aromatic heterocycles. The van der Waals surface area contributed by atoms with Crippen molar-refractivity contribution in [2.45, 2.75) is 0 Å². The highest BCUT2D eigenvalue weighted by molar-refractivity contribution is 6.30. The van der Waals surface area contributed by atoms with Gasteiger partial charge in [-0.2, -0.15) is 5.26 Å². The van der Waals surface area contributed by atoms with Gasteiger partial charge in [-0.1, -0.05) is 23.2 Å². The molecule has 1 aromatic carbocycles. The summed E-state index contributed by atoms with van der Waals surface area (Å²) in [5.41, 5.74) is -0.0423. The van der Waals surface area contributed by atoms with Gasteiger partial charge in [0, 0.05) is 23.2 Å². The van der Waals surface area contributed by atoms with E-state index in [1.165, 1.54) is 30.3 Å². The molecular formula is C12H5Cl2N3O3. The van der Waals surface area contributed by atoms with Gasteiger partial charge in [0.05, 0.1) is 16.6 Å². The normalized spacial score (nSPS) is 9.85. The summed E-state index contributed by atoms with van der Waals surface area (Å²) in [5, 5.41) is 20.0. The van der Waals surface area contributed by atoms with E-state index < -0.39 is 4.92 Å². The summed E-state index contributed by atoms with van der Waals surface area (Å²) in [7, 11) is 0. The molecule has 0 unspecified atom stereocenters. The van der Waals surface area contributed by atoms with Crippen LogP contribution in [0.3, 0.4) is 0 Å². The summed E-state index contributed by atoms with van der Waals surface area (Å²) in [4.78, 5) is 14.1. The standard InChI is InChI=1S/C12H5Cl2N3O3/c13-8-1-2-9(17(18)19)10(5-8)20-12-4-7(6-15)3-11(14)16-12/h1-5H. The van der Waals surface area contributed by atoms with Crippen LogP contribution >= 0.6 is 23.2 Å². The van der Waals surface area contributed by atoms with E-state index in [1.54, 1.807) is 0 Å². The van der Waals surface area contributed by atoms with Gasteiger partial charge in [0.1, 0.15) is 5.15 Å². The average molecular weight is 310 g/mol. The summed E-state index contributed by atoms with van der Waals surface area (Å²) >= 11 is 11.5. The lowest BCUT2D eigenvalue weighted by Gasteiger charge is -2.06. The second-order valence-electron chi connectivity index (χ2n) is 3.60. The van der Waals surface area contributed by atoms with Gasteiger partial charge in [0.15, 0.2) is 0 Å². The van der Waals surface area contributed by atoms with Crippen LogP contribution < -0.4 is 4.74 Å². The molecule has 0 spiro atoms. The minimum absolute atomic E-state index is 0.0283. The Kier molecular flexibility index (Phi) is 4.03. The number of benzene rings is 1. The first-order valence-corrected chi connectivity index (χ1v) is 5.94. The van der Waals surface area contributed by atoms with Gasteiger partial charge >= 0.3 is 5.69 Å². The molecular weight excluding hydrogens is 305 g/mol. The number of rotatable bonds is 3. The zero-order valence-electron chi connectivity index (χ0n) is 9.71. The zero-order valence-corrected chi connectivity index (χ0v) is 11.2. The molecule has 100 valence electrons. The first-order chi connectivity index (χ1) is 9.49. The van der Waals surface area contributed by atoms with Crippen molar-refractivity contribution in [1.29, 1.82) is 5.26 Å². The highest BCUT2D eigenvalue weighted by atomic mass is 35.5. The fraction of sp³-hybridized carbons (Fsp3) is 0. The maximum absolute atomic E-state index is 10.9. The predicted octanol–water partition coefficient (Wildman–Crippen LogP) is 3.96. The van der Waals surface area contributed by atoms with E-state index in [0.29, 0.717) is 0 Å². The van der Waals surface area contributed by atoms with Gasteiger partial charge < -0.3 is 4.74 Å². The largest absolute Gasteiger partial charge is 0.432 e. The third kappa shape index (κ3) is 3.15. The van der Waals surface area contributed by atoms with Crippen LogP contribution in [0, 0.1) is 21.4 Å². The van der Waals surface area contributed by atoms with Crippen LogP contribution in [-0.4, -0.2) is 9.91 Å². The molecule has 20 heavy (non-hydrogen) atoms. The van der Waals surface area contributed by atoms with E-state index in [4.69, 9.17) is 33.2 Å². The number of halogens is 2. The van der Waals surface area contributed by atoms with Gasteiger partial charge in [-0.05, 0) is 12.1 Å². The Morgan fingerprint density at radius 1 is 1.30 bits per heavy atom. The molecule has 1 heterocycles. The summed E-state index contributed by atoms with van der Waals surface area (Å²) in [6.07, 6.45) is 0. The highest BCUT2D eigenvalue weighted by Crippen LogP contribution is 2.33. The molecule has 0 N–H and O–H groups in total. The maximum Gasteiger partial charge on any atom is 0.311 e. The van der Waals surface area contributed by atoms with E-state index in [9.17, 15) is 10.1 Å². The topological polar surface area (TPSA) is 89.0 Å². The lowest BCUT2D eigenvalue weighted by atomic mass is 10.3. The Hall–Kier alpha value is -2.36. The molecule has 0 bridgehead atoms. The minimum atomic E-state index is -0.610. The Bertz CT molecular complexity index is 728. The van der Waals surface area contributed by atoms with Crippen molar-refractivity contribution < 1.29 is 9.66 Å². The second kappa shape index (κ2) is 5.74. The first kappa shape index (κ1) is 14.1. The maximum atomic E-state index is 10.9. The van der Waals surface area contributed by atoms with Crippen molar-refractivity contribution in [2.75, 3.05) is 0 Å². The van der Waals surface area contributed by atoms with Crippen LogP contribution in [0.1, 0.15) is 5.56 Å². The number of nitriles is 1. The van der Waals surface area contributed by atoms with Crippen LogP contribution in [0.25, 0.3) is 0 Å². The summed E-state index contributed by atoms with van der Waals surface area (Å²) < 4.78 is 5.30. The lowest BCUT2D eigenvalue weighted by Crippen LogP contribution is -1.95. The number of nitro groups is 1. The molecule has 6 nitrogen and oxygen atoms in total. The predicted molar refractivity (Wildman–Crippen MR) is 72.1 cm³/mol. The van der Waals surface area contributed by atoms with E-state index in [1.807, 2.05) is 6.07 Å². The molecule has 0 aliphatic carbocycles. The van der Waals surface area contributed by atoms with Gasteiger partial charge in [-0.25, -0.2) is 4.98 Å². The molecule has 0 aliphatic heterocycles. The molecule has 8 heteroatoms. The van der Waals surface area contributed by atoms with Gasteiger partial charge in [-0.15, -0.1) is 0 Å². The van der Waals surface area contributed by atoms with E-state index >= 15 is 0 Å². The second-order valence-corrected chi connectivity index (χ2v) is 4.42. The number of pyridine rings is 1. The van der Waals surface area contributed by atoms with E-state index in [-0.39, 0.29) is 33.1 Å². The number of hydrogen-bond donors (Lipinski definition) is 0. The molecule has 0 fully saturated rings. The highest BCUT2D eigenvalue weighted by Gasteiger charge is 2.17. The Labute approximate surface area is 123 Å². The molecule has 0 radical (unpaired) electrons. The molecule has 2 rings (SSSR count). The third-order valence-corrected chi connectivity index (χ3v) is 2.66. The third-order valence-electron chi connectivity index (χ3n) is 2.23. The molecule has 0 amide bonds. The first-order valence-electron chi connectivity index (χ1n) is 5.19. The average Bonchev–Trinajstić information content (AvgIpc) is 2.37. The number of aromatic nitrogens is 1. The van der Waals surface area contributed by atoms with Crippen LogP contribution in [0.5, 0.6) is 11.6 Å². The molecule has 0 aliphatic rings. The Morgan fingerprint density at radius 3 is 2.70 bits per heavy atom. The van der Waals surface area contributed by atoms with Crippen molar-refractivity contribution in [1.82, 2.24) is 4.98 Å². The molecule has 0 saturated heterocycles. The van der Waals surface area contributed by atoms with Crippen molar-refractivity contribution in [3.63, 3.8) is 0 Å². The number of hydrogen-bond acceptors (Lipinski definition) is 5. The van der Waals surface area contributed by atoms with Gasteiger partial charge in [0.2, 0.25) is 11.6 Å². The Morgan fingerprint density at radius 2 is 2.05 bits per heavy atom. The summed E-state index contributed by atoms with van der Waals surface area (Å²) in [6.45, 7) is 0. The van der Waals surface area contributed by atoms with Crippen LogP contribution in [0.4, 0.5) is 5.69 Å². The summed E-state index contributed by atoms with van der Waals surface area (Å²) in [6, 6.07) is 8.42. The zero-order chi connectivity index (χ0) is 14.7. The quantitative estimate of drug-likeness (QED) is 0.486. The van der Waals surface area contributed by atoms with Gasteiger partial charge in [0.25, 0.3) is 0 Å². The molecule has 0 atom stereocenters. The fourth-order valence-electron chi connectivity index (χ4n) is 1.42. The number of nitro benzene ring substituents is 1. The van der Waals surface area contributed by atoms with Gasteiger partial charge in [-0.3, -0.25) is 10.1 Å². The monoisotopic (exact) mass is 309 g/mol. The van der Waals surface area contributed by atoms with E-state index in [0.717, 1.165) is 0 Å².